The lowest BCUT2D eigenvalue weighted by Gasteiger charge is -2.17. The molecule has 0 radical (unpaired) electrons. The van der Waals surface area contributed by atoms with E-state index in [0.717, 1.165) is 31.4 Å². The predicted octanol–water partition coefficient (Wildman–Crippen LogP) is 2.85. The van der Waals surface area contributed by atoms with Crippen LogP contribution in [-0.4, -0.2) is 42.2 Å². The Morgan fingerprint density at radius 3 is 2.43 bits per heavy atom. The standard InChI is InChI=1S/C17H27NO3/c1-14(2)21-13-15-7-9-16(10-8-15)17(20)18(3)11-5-4-6-12-19/h7-10,14,19H,4-6,11-13H2,1-3H3. The zero-order chi connectivity index (χ0) is 15.7. The van der Waals surface area contributed by atoms with E-state index in [4.69, 9.17) is 9.84 Å². The molecule has 0 heterocycles. The first-order valence-corrected chi connectivity index (χ1v) is 7.61. The largest absolute Gasteiger partial charge is 0.396 e. The molecule has 1 aromatic rings. The van der Waals surface area contributed by atoms with Crippen LogP contribution in [0.3, 0.4) is 0 Å². The fraction of sp³-hybridized carbons (Fsp3) is 0.588. The van der Waals surface area contributed by atoms with Crippen LogP contribution in [0.5, 0.6) is 0 Å². The van der Waals surface area contributed by atoms with Crippen molar-refractivity contribution in [1.82, 2.24) is 4.90 Å². The van der Waals surface area contributed by atoms with E-state index >= 15 is 0 Å². The number of carbonyl (C=O) groups is 1. The van der Waals surface area contributed by atoms with E-state index in [9.17, 15) is 4.79 Å². The normalized spacial score (nSPS) is 10.9. The lowest BCUT2D eigenvalue weighted by Crippen LogP contribution is -2.27. The quantitative estimate of drug-likeness (QED) is 0.712. The third kappa shape index (κ3) is 6.74. The summed E-state index contributed by atoms with van der Waals surface area (Å²) in [4.78, 5) is 14.0. The highest BCUT2D eigenvalue weighted by atomic mass is 16.5. The number of aliphatic hydroxyl groups is 1. The van der Waals surface area contributed by atoms with Gasteiger partial charge in [-0.1, -0.05) is 12.1 Å². The van der Waals surface area contributed by atoms with Crippen LogP contribution in [0.4, 0.5) is 0 Å². The van der Waals surface area contributed by atoms with Crippen LogP contribution < -0.4 is 0 Å². The summed E-state index contributed by atoms with van der Waals surface area (Å²) in [7, 11) is 1.82. The number of benzene rings is 1. The molecule has 0 saturated carbocycles. The lowest BCUT2D eigenvalue weighted by atomic mass is 10.1. The highest BCUT2D eigenvalue weighted by molar-refractivity contribution is 5.94. The van der Waals surface area contributed by atoms with Crippen LogP contribution in [0.1, 0.15) is 49.0 Å². The van der Waals surface area contributed by atoms with Crippen LogP contribution in [0, 0.1) is 0 Å². The molecular weight excluding hydrogens is 266 g/mol. The third-order valence-corrected chi connectivity index (χ3v) is 3.28. The Hall–Kier alpha value is -1.39. The van der Waals surface area contributed by atoms with Crippen molar-refractivity contribution in [3.8, 4) is 0 Å². The summed E-state index contributed by atoms with van der Waals surface area (Å²) < 4.78 is 5.54. The Morgan fingerprint density at radius 2 is 1.86 bits per heavy atom. The second kappa shape index (κ2) is 9.53. The van der Waals surface area contributed by atoms with E-state index in [1.165, 1.54) is 0 Å². The molecule has 0 saturated heterocycles. The van der Waals surface area contributed by atoms with Gasteiger partial charge in [0.1, 0.15) is 0 Å². The zero-order valence-electron chi connectivity index (χ0n) is 13.3. The molecule has 118 valence electrons. The van der Waals surface area contributed by atoms with Crippen molar-refractivity contribution < 1.29 is 14.6 Å². The summed E-state index contributed by atoms with van der Waals surface area (Å²) in [5.41, 5.74) is 1.78. The molecule has 1 amide bonds. The molecular formula is C17H27NO3. The maximum absolute atomic E-state index is 12.2. The number of ether oxygens (including phenoxy) is 1. The molecule has 0 aliphatic rings. The van der Waals surface area contributed by atoms with Crippen molar-refractivity contribution in [3.63, 3.8) is 0 Å². The first-order valence-electron chi connectivity index (χ1n) is 7.61. The van der Waals surface area contributed by atoms with Gasteiger partial charge in [-0.3, -0.25) is 4.79 Å². The number of hydrogen-bond acceptors (Lipinski definition) is 3. The zero-order valence-corrected chi connectivity index (χ0v) is 13.3. The van der Waals surface area contributed by atoms with Crippen molar-refractivity contribution >= 4 is 5.91 Å². The molecule has 0 aromatic heterocycles. The predicted molar refractivity (Wildman–Crippen MR) is 84.3 cm³/mol. The lowest BCUT2D eigenvalue weighted by molar-refractivity contribution is 0.0656. The molecule has 4 nitrogen and oxygen atoms in total. The Bertz CT molecular complexity index is 415. The average Bonchev–Trinajstić information content (AvgIpc) is 2.49. The minimum absolute atomic E-state index is 0.0373. The maximum atomic E-state index is 12.2. The summed E-state index contributed by atoms with van der Waals surface area (Å²) in [6, 6.07) is 7.58. The van der Waals surface area contributed by atoms with Gasteiger partial charge in [0.2, 0.25) is 0 Å². The number of carbonyl (C=O) groups excluding carboxylic acids is 1. The molecule has 1 aromatic carbocycles. The van der Waals surface area contributed by atoms with Crippen molar-refractivity contribution in [2.45, 2.75) is 45.8 Å². The average molecular weight is 293 g/mol. The molecule has 0 aliphatic heterocycles. The van der Waals surface area contributed by atoms with Gasteiger partial charge in [0.05, 0.1) is 12.7 Å². The van der Waals surface area contributed by atoms with Gasteiger partial charge in [-0.25, -0.2) is 0 Å². The summed E-state index contributed by atoms with van der Waals surface area (Å²) in [5, 5.41) is 8.73. The molecule has 21 heavy (non-hydrogen) atoms. The van der Waals surface area contributed by atoms with Gasteiger partial charge in [-0.2, -0.15) is 0 Å². The highest BCUT2D eigenvalue weighted by Crippen LogP contribution is 2.10. The van der Waals surface area contributed by atoms with Crippen molar-refractivity contribution in [2.75, 3.05) is 20.2 Å². The number of amides is 1. The van der Waals surface area contributed by atoms with Gasteiger partial charge in [0.25, 0.3) is 5.91 Å². The number of hydrogen-bond donors (Lipinski definition) is 1. The monoisotopic (exact) mass is 293 g/mol. The molecule has 0 unspecified atom stereocenters. The second-order valence-corrected chi connectivity index (χ2v) is 5.57. The van der Waals surface area contributed by atoms with Crippen molar-refractivity contribution in [3.05, 3.63) is 35.4 Å². The smallest absolute Gasteiger partial charge is 0.253 e. The van der Waals surface area contributed by atoms with Gasteiger partial charge in [-0.05, 0) is 50.8 Å². The summed E-state index contributed by atoms with van der Waals surface area (Å²) in [5.74, 6) is 0.0373. The first-order chi connectivity index (χ1) is 10.0. The van der Waals surface area contributed by atoms with Crippen LogP contribution in [0.15, 0.2) is 24.3 Å². The Kier molecular flexibility index (Phi) is 8.01. The second-order valence-electron chi connectivity index (χ2n) is 5.57. The fourth-order valence-electron chi connectivity index (χ4n) is 1.97. The van der Waals surface area contributed by atoms with Crippen molar-refractivity contribution in [2.24, 2.45) is 0 Å². The summed E-state index contributed by atoms with van der Waals surface area (Å²) in [6.07, 6.45) is 2.87. The topological polar surface area (TPSA) is 49.8 Å². The summed E-state index contributed by atoms with van der Waals surface area (Å²) >= 11 is 0. The molecule has 1 rings (SSSR count). The SMILES string of the molecule is CC(C)OCc1ccc(C(=O)N(C)CCCCCO)cc1. The minimum atomic E-state index is 0.0373. The molecule has 1 N–H and O–H groups in total. The molecule has 0 bridgehead atoms. The van der Waals surface area contributed by atoms with E-state index in [1.54, 1.807) is 4.90 Å². The van der Waals surface area contributed by atoms with Gasteiger partial charge < -0.3 is 14.7 Å². The van der Waals surface area contributed by atoms with Crippen LogP contribution in [0.2, 0.25) is 0 Å². The molecule has 0 spiro atoms. The highest BCUT2D eigenvalue weighted by Gasteiger charge is 2.11. The van der Waals surface area contributed by atoms with E-state index < -0.39 is 0 Å². The number of unbranched alkanes of at least 4 members (excludes halogenated alkanes) is 2. The number of aliphatic hydroxyl groups excluding tert-OH is 1. The fourth-order valence-corrected chi connectivity index (χ4v) is 1.97. The van der Waals surface area contributed by atoms with Gasteiger partial charge in [0.15, 0.2) is 0 Å². The minimum Gasteiger partial charge on any atom is -0.396 e. The molecule has 0 aliphatic carbocycles. The Morgan fingerprint density at radius 1 is 1.19 bits per heavy atom. The van der Waals surface area contributed by atoms with Crippen LogP contribution in [0.25, 0.3) is 0 Å². The van der Waals surface area contributed by atoms with Gasteiger partial charge in [-0.15, -0.1) is 0 Å². The Labute approximate surface area is 127 Å². The van der Waals surface area contributed by atoms with Gasteiger partial charge >= 0.3 is 0 Å². The van der Waals surface area contributed by atoms with E-state index in [0.29, 0.717) is 12.2 Å². The number of rotatable bonds is 9. The van der Waals surface area contributed by atoms with Crippen molar-refractivity contribution in [1.29, 1.82) is 0 Å². The van der Waals surface area contributed by atoms with Gasteiger partial charge in [0, 0.05) is 25.8 Å². The van der Waals surface area contributed by atoms with E-state index in [-0.39, 0.29) is 18.6 Å². The maximum Gasteiger partial charge on any atom is 0.253 e. The molecule has 0 atom stereocenters. The third-order valence-electron chi connectivity index (χ3n) is 3.28. The molecule has 0 fully saturated rings. The summed E-state index contributed by atoms with van der Waals surface area (Å²) in [6.45, 7) is 5.52. The van der Waals surface area contributed by atoms with E-state index in [2.05, 4.69) is 0 Å². The first kappa shape index (κ1) is 17.7. The number of nitrogens with zero attached hydrogens (tertiary/aromatic N) is 1. The van der Waals surface area contributed by atoms with Crippen LogP contribution in [-0.2, 0) is 11.3 Å². The van der Waals surface area contributed by atoms with Crippen LogP contribution >= 0.6 is 0 Å². The van der Waals surface area contributed by atoms with E-state index in [1.807, 2.05) is 45.2 Å². The Balaban J connectivity index is 2.46. The molecule has 4 heteroatoms.